The minimum Gasteiger partial charge on any atom is -0.507 e. The number of benzene rings is 1. The summed E-state index contributed by atoms with van der Waals surface area (Å²) in [5, 5.41) is 10.1. The highest BCUT2D eigenvalue weighted by Gasteiger charge is 2.25. The molecule has 1 aromatic rings. The first-order valence-electron chi connectivity index (χ1n) is 8.54. The fourth-order valence-corrected chi connectivity index (χ4v) is 3.10. The van der Waals surface area contributed by atoms with Gasteiger partial charge in [0.1, 0.15) is 23.2 Å². The lowest BCUT2D eigenvalue weighted by Crippen LogP contribution is -2.26. The molecular formula is C20H26O4. The Morgan fingerprint density at radius 3 is 2.71 bits per heavy atom. The van der Waals surface area contributed by atoms with Crippen molar-refractivity contribution in [2.45, 2.75) is 52.6 Å². The summed E-state index contributed by atoms with van der Waals surface area (Å²) in [6, 6.07) is 5.03. The standard InChI is InChI=1S/C20H26O4/c1-13-7-4-5-8-16-9-6-10-18(22)19(16)20(23)24-17(11-14(13)2)12-15(3)21/h4-6,9-10,13-14,17,22H,7-8,11-12H2,1-3H3/b5-4+. The number of ether oxygens (including phenoxy) is 1. The van der Waals surface area contributed by atoms with Gasteiger partial charge in [-0.1, -0.05) is 38.1 Å². The summed E-state index contributed by atoms with van der Waals surface area (Å²) in [4.78, 5) is 24.1. The Morgan fingerprint density at radius 2 is 2.00 bits per heavy atom. The molecule has 4 heteroatoms. The van der Waals surface area contributed by atoms with Crippen LogP contribution in [0, 0.1) is 11.8 Å². The molecule has 0 amide bonds. The topological polar surface area (TPSA) is 63.6 Å². The van der Waals surface area contributed by atoms with E-state index in [0.29, 0.717) is 24.7 Å². The third-order valence-corrected chi connectivity index (χ3v) is 4.74. The van der Waals surface area contributed by atoms with Gasteiger partial charge in [-0.2, -0.15) is 0 Å². The number of aromatic hydroxyl groups is 1. The van der Waals surface area contributed by atoms with E-state index < -0.39 is 12.1 Å². The number of hydrogen-bond donors (Lipinski definition) is 1. The second kappa shape index (κ2) is 8.13. The van der Waals surface area contributed by atoms with Crippen LogP contribution >= 0.6 is 0 Å². The fraction of sp³-hybridized carbons (Fsp3) is 0.500. The van der Waals surface area contributed by atoms with Gasteiger partial charge in [0.15, 0.2) is 0 Å². The van der Waals surface area contributed by atoms with Crippen LogP contribution in [0.4, 0.5) is 0 Å². The first kappa shape index (κ1) is 18.2. The smallest absolute Gasteiger partial charge is 0.342 e. The minimum absolute atomic E-state index is 0.00264. The molecule has 1 aromatic carbocycles. The van der Waals surface area contributed by atoms with Crippen molar-refractivity contribution in [2.24, 2.45) is 11.8 Å². The molecule has 1 N–H and O–H groups in total. The number of phenols is 1. The molecule has 0 fully saturated rings. The second-order valence-corrected chi connectivity index (χ2v) is 6.85. The average molecular weight is 330 g/mol. The summed E-state index contributed by atoms with van der Waals surface area (Å²) < 4.78 is 5.62. The number of esters is 1. The Morgan fingerprint density at radius 1 is 1.25 bits per heavy atom. The third kappa shape index (κ3) is 4.70. The highest BCUT2D eigenvalue weighted by Crippen LogP contribution is 2.28. The van der Waals surface area contributed by atoms with Crippen LogP contribution in [0.25, 0.3) is 0 Å². The number of Topliss-reactive ketones (excluding diaryl/α,β-unsaturated/α-hetero) is 1. The van der Waals surface area contributed by atoms with E-state index in [1.807, 2.05) is 12.1 Å². The zero-order chi connectivity index (χ0) is 17.7. The number of phenolic OH excluding ortho intramolecular Hbond substituents is 1. The molecule has 130 valence electrons. The predicted octanol–water partition coefficient (Wildman–Crippen LogP) is 4.06. The SMILES string of the molecule is CC(=O)CC1CC(C)C(C)C/C=C/Cc2cccc(O)c2C(=O)O1. The fourth-order valence-electron chi connectivity index (χ4n) is 3.10. The van der Waals surface area contributed by atoms with E-state index >= 15 is 0 Å². The highest BCUT2D eigenvalue weighted by atomic mass is 16.5. The molecule has 0 radical (unpaired) electrons. The molecule has 0 saturated heterocycles. The molecule has 24 heavy (non-hydrogen) atoms. The first-order chi connectivity index (χ1) is 11.4. The molecule has 1 heterocycles. The van der Waals surface area contributed by atoms with Crippen molar-refractivity contribution in [1.29, 1.82) is 0 Å². The normalized spacial score (nSPS) is 26.5. The van der Waals surface area contributed by atoms with Gasteiger partial charge in [-0.05, 0) is 49.7 Å². The van der Waals surface area contributed by atoms with E-state index in [2.05, 4.69) is 19.9 Å². The molecule has 0 saturated carbocycles. The van der Waals surface area contributed by atoms with Gasteiger partial charge < -0.3 is 9.84 Å². The summed E-state index contributed by atoms with van der Waals surface area (Å²) in [7, 11) is 0. The van der Waals surface area contributed by atoms with Crippen LogP contribution in [-0.4, -0.2) is 23.0 Å². The van der Waals surface area contributed by atoms with Crippen molar-refractivity contribution >= 4 is 11.8 Å². The number of carbonyl (C=O) groups excluding carboxylic acids is 2. The Bertz CT molecular complexity index is 633. The van der Waals surface area contributed by atoms with Gasteiger partial charge in [-0.3, -0.25) is 4.79 Å². The Hall–Kier alpha value is -2.10. The number of fused-ring (bicyclic) bond motifs is 1. The van der Waals surface area contributed by atoms with E-state index in [0.717, 1.165) is 12.0 Å². The van der Waals surface area contributed by atoms with Crippen LogP contribution in [0.5, 0.6) is 5.75 Å². The molecule has 3 unspecified atom stereocenters. The monoisotopic (exact) mass is 330 g/mol. The average Bonchev–Trinajstić information content (AvgIpc) is 2.49. The van der Waals surface area contributed by atoms with Gasteiger partial charge in [0.2, 0.25) is 0 Å². The maximum absolute atomic E-state index is 12.6. The van der Waals surface area contributed by atoms with E-state index in [9.17, 15) is 14.7 Å². The van der Waals surface area contributed by atoms with E-state index in [4.69, 9.17) is 4.74 Å². The van der Waals surface area contributed by atoms with Crippen LogP contribution in [0.15, 0.2) is 30.4 Å². The van der Waals surface area contributed by atoms with Crippen LogP contribution in [0.3, 0.4) is 0 Å². The number of hydrogen-bond acceptors (Lipinski definition) is 4. The summed E-state index contributed by atoms with van der Waals surface area (Å²) in [5.74, 6) is 0.138. The molecule has 0 aliphatic carbocycles. The summed E-state index contributed by atoms with van der Waals surface area (Å²) in [6.45, 7) is 5.80. The van der Waals surface area contributed by atoms with Crippen molar-refractivity contribution in [3.63, 3.8) is 0 Å². The summed E-state index contributed by atoms with van der Waals surface area (Å²) in [6.07, 6.45) is 6.06. The zero-order valence-electron chi connectivity index (χ0n) is 14.6. The number of carbonyl (C=O) groups is 2. The van der Waals surface area contributed by atoms with E-state index in [1.165, 1.54) is 13.0 Å². The quantitative estimate of drug-likeness (QED) is 0.656. The van der Waals surface area contributed by atoms with Gasteiger partial charge >= 0.3 is 5.97 Å². The van der Waals surface area contributed by atoms with Crippen molar-refractivity contribution in [2.75, 3.05) is 0 Å². The molecule has 1 aliphatic heterocycles. The Kier molecular flexibility index (Phi) is 6.18. The Balaban J connectivity index is 2.37. The molecule has 2 rings (SSSR count). The Labute approximate surface area is 143 Å². The van der Waals surface area contributed by atoms with Crippen molar-refractivity contribution < 1.29 is 19.4 Å². The van der Waals surface area contributed by atoms with Gasteiger partial charge in [0.25, 0.3) is 0 Å². The first-order valence-corrected chi connectivity index (χ1v) is 8.54. The zero-order valence-corrected chi connectivity index (χ0v) is 14.6. The lowest BCUT2D eigenvalue weighted by atomic mass is 9.86. The molecule has 0 aromatic heterocycles. The van der Waals surface area contributed by atoms with Crippen molar-refractivity contribution in [3.05, 3.63) is 41.5 Å². The lowest BCUT2D eigenvalue weighted by molar-refractivity contribution is -0.119. The van der Waals surface area contributed by atoms with Crippen LogP contribution in [-0.2, 0) is 16.0 Å². The summed E-state index contributed by atoms with van der Waals surface area (Å²) >= 11 is 0. The van der Waals surface area contributed by atoms with Gasteiger partial charge in [-0.25, -0.2) is 4.79 Å². The van der Waals surface area contributed by atoms with Crippen LogP contribution < -0.4 is 0 Å². The number of allylic oxidation sites excluding steroid dienone is 2. The molecule has 3 atom stereocenters. The number of cyclic esters (lactones) is 1. The maximum Gasteiger partial charge on any atom is 0.342 e. The molecule has 1 aliphatic rings. The number of rotatable bonds is 2. The van der Waals surface area contributed by atoms with E-state index in [-0.39, 0.29) is 23.5 Å². The third-order valence-electron chi connectivity index (χ3n) is 4.74. The largest absolute Gasteiger partial charge is 0.507 e. The van der Waals surface area contributed by atoms with Crippen molar-refractivity contribution in [1.82, 2.24) is 0 Å². The predicted molar refractivity (Wildman–Crippen MR) is 93.0 cm³/mol. The lowest BCUT2D eigenvalue weighted by Gasteiger charge is -2.25. The highest BCUT2D eigenvalue weighted by molar-refractivity contribution is 5.94. The molecule has 4 nitrogen and oxygen atoms in total. The molecule has 0 bridgehead atoms. The number of ketones is 1. The van der Waals surface area contributed by atoms with Gasteiger partial charge in [-0.15, -0.1) is 0 Å². The maximum atomic E-state index is 12.6. The molecule has 0 spiro atoms. The summed E-state index contributed by atoms with van der Waals surface area (Å²) in [5.41, 5.74) is 0.941. The van der Waals surface area contributed by atoms with Crippen LogP contribution in [0.1, 0.15) is 56.0 Å². The minimum atomic E-state index is -0.553. The van der Waals surface area contributed by atoms with Crippen LogP contribution in [0.2, 0.25) is 0 Å². The van der Waals surface area contributed by atoms with Gasteiger partial charge in [0, 0.05) is 6.42 Å². The van der Waals surface area contributed by atoms with Crippen molar-refractivity contribution in [3.8, 4) is 5.75 Å². The van der Waals surface area contributed by atoms with E-state index in [1.54, 1.807) is 6.07 Å². The molecular weight excluding hydrogens is 304 g/mol. The van der Waals surface area contributed by atoms with Gasteiger partial charge in [0.05, 0.1) is 0 Å². The second-order valence-electron chi connectivity index (χ2n) is 6.85.